The predicted molar refractivity (Wildman–Crippen MR) is 78.6 cm³/mol. The molecule has 1 aliphatic rings. The molecule has 1 saturated heterocycles. The lowest BCUT2D eigenvalue weighted by Crippen LogP contribution is -2.38. The standard InChI is InChI=1S/C13H21N5O3/c1-8(20-3)9-10(15-2)11(12(14)19)17-13(16-9)18-4-6-21-7-5-18/h8,15H,4-7H2,1-3H3,(H2,14,19). The lowest BCUT2D eigenvalue weighted by Gasteiger charge is -2.28. The lowest BCUT2D eigenvalue weighted by molar-refractivity contribution is 0.0993. The SMILES string of the molecule is CNc1c(C(N)=O)nc(N2CCOCC2)nc1C(C)OC. The zero-order chi connectivity index (χ0) is 15.4. The van der Waals surface area contributed by atoms with E-state index in [1.807, 2.05) is 11.8 Å². The van der Waals surface area contributed by atoms with Gasteiger partial charge in [0.2, 0.25) is 5.95 Å². The molecule has 1 fully saturated rings. The number of morpholine rings is 1. The van der Waals surface area contributed by atoms with E-state index in [1.165, 1.54) is 0 Å². The Bertz CT molecular complexity index is 517. The molecule has 0 bridgehead atoms. The number of nitrogens with two attached hydrogens (primary N) is 1. The summed E-state index contributed by atoms with van der Waals surface area (Å²) in [5.41, 5.74) is 6.74. The lowest BCUT2D eigenvalue weighted by atomic mass is 10.1. The minimum atomic E-state index is -0.596. The van der Waals surface area contributed by atoms with E-state index in [1.54, 1.807) is 14.2 Å². The van der Waals surface area contributed by atoms with Gasteiger partial charge in [0, 0.05) is 27.2 Å². The molecule has 8 nitrogen and oxygen atoms in total. The van der Waals surface area contributed by atoms with Crippen LogP contribution in [0.25, 0.3) is 0 Å². The maximum atomic E-state index is 11.7. The van der Waals surface area contributed by atoms with Crippen LogP contribution in [-0.2, 0) is 9.47 Å². The van der Waals surface area contributed by atoms with Gasteiger partial charge in [-0.05, 0) is 6.92 Å². The summed E-state index contributed by atoms with van der Waals surface area (Å²) in [4.78, 5) is 22.5. The predicted octanol–water partition coefficient (Wildman–Crippen LogP) is 0.161. The summed E-state index contributed by atoms with van der Waals surface area (Å²) in [6.45, 7) is 4.43. The number of anilines is 2. The fourth-order valence-corrected chi connectivity index (χ4v) is 2.20. The summed E-state index contributed by atoms with van der Waals surface area (Å²) >= 11 is 0. The Kier molecular flexibility index (Phi) is 4.92. The highest BCUT2D eigenvalue weighted by Crippen LogP contribution is 2.28. The van der Waals surface area contributed by atoms with Crippen LogP contribution in [0.4, 0.5) is 11.6 Å². The Morgan fingerprint density at radius 3 is 2.62 bits per heavy atom. The molecule has 1 aromatic rings. The normalized spacial score (nSPS) is 16.6. The first-order valence-corrected chi connectivity index (χ1v) is 6.83. The number of nitrogens with one attached hydrogen (secondary N) is 1. The van der Waals surface area contributed by atoms with Gasteiger partial charge in [-0.25, -0.2) is 9.97 Å². The molecule has 0 aromatic carbocycles. The Balaban J connectivity index is 2.51. The Morgan fingerprint density at radius 1 is 1.43 bits per heavy atom. The van der Waals surface area contributed by atoms with E-state index in [9.17, 15) is 4.79 Å². The van der Waals surface area contributed by atoms with Crippen LogP contribution < -0.4 is 16.0 Å². The number of carbonyl (C=O) groups excluding carboxylic acids is 1. The van der Waals surface area contributed by atoms with Crippen molar-refractivity contribution in [3.8, 4) is 0 Å². The summed E-state index contributed by atoms with van der Waals surface area (Å²) < 4.78 is 10.6. The number of carbonyl (C=O) groups is 1. The summed E-state index contributed by atoms with van der Waals surface area (Å²) in [5.74, 6) is -0.120. The van der Waals surface area contributed by atoms with Gasteiger partial charge in [-0.15, -0.1) is 0 Å². The molecule has 21 heavy (non-hydrogen) atoms. The van der Waals surface area contributed by atoms with Gasteiger partial charge in [0.1, 0.15) is 0 Å². The Morgan fingerprint density at radius 2 is 2.10 bits per heavy atom. The van der Waals surface area contributed by atoms with E-state index in [-0.39, 0.29) is 11.8 Å². The van der Waals surface area contributed by atoms with Crippen molar-refractivity contribution >= 4 is 17.5 Å². The highest BCUT2D eigenvalue weighted by molar-refractivity contribution is 5.97. The van der Waals surface area contributed by atoms with Gasteiger partial charge < -0.3 is 25.4 Å². The smallest absolute Gasteiger partial charge is 0.269 e. The Labute approximate surface area is 123 Å². The summed E-state index contributed by atoms with van der Waals surface area (Å²) in [6.07, 6.45) is -0.284. The number of hydrogen-bond acceptors (Lipinski definition) is 7. The molecular weight excluding hydrogens is 274 g/mol. The molecule has 1 aliphatic heterocycles. The minimum Gasteiger partial charge on any atom is -0.385 e. The van der Waals surface area contributed by atoms with Crippen molar-refractivity contribution in [3.63, 3.8) is 0 Å². The fraction of sp³-hybridized carbons (Fsp3) is 0.615. The molecule has 116 valence electrons. The number of amides is 1. The molecule has 1 unspecified atom stereocenters. The first-order chi connectivity index (χ1) is 10.1. The van der Waals surface area contributed by atoms with Crippen molar-refractivity contribution in [2.45, 2.75) is 13.0 Å². The third-order valence-electron chi connectivity index (χ3n) is 3.44. The summed E-state index contributed by atoms with van der Waals surface area (Å²) in [6, 6.07) is 0. The van der Waals surface area contributed by atoms with Gasteiger partial charge in [-0.3, -0.25) is 4.79 Å². The van der Waals surface area contributed by atoms with Gasteiger partial charge in [-0.1, -0.05) is 0 Å². The van der Waals surface area contributed by atoms with Gasteiger partial charge in [0.25, 0.3) is 5.91 Å². The van der Waals surface area contributed by atoms with Crippen molar-refractivity contribution in [3.05, 3.63) is 11.4 Å². The van der Waals surface area contributed by atoms with E-state index in [0.29, 0.717) is 43.6 Å². The molecule has 0 radical (unpaired) electrons. The van der Waals surface area contributed by atoms with Crippen molar-refractivity contribution in [1.29, 1.82) is 0 Å². The van der Waals surface area contributed by atoms with E-state index in [0.717, 1.165) is 0 Å². The monoisotopic (exact) mass is 295 g/mol. The number of nitrogens with zero attached hydrogens (tertiary/aromatic N) is 3. The second-order valence-electron chi connectivity index (χ2n) is 4.72. The third-order valence-corrected chi connectivity index (χ3v) is 3.44. The maximum Gasteiger partial charge on any atom is 0.269 e. The average Bonchev–Trinajstić information content (AvgIpc) is 2.53. The molecule has 1 aromatic heterocycles. The van der Waals surface area contributed by atoms with Crippen molar-refractivity contribution < 1.29 is 14.3 Å². The third kappa shape index (κ3) is 3.22. The first-order valence-electron chi connectivity index (χ1n) is 6.83. The second-order valence-corrected chi connectivity index (χ2v) is 4.72. The number of primary amides is 1. The van der Waals surface area contributed by atoms with Crippen LogP contribution in [-0.4, -0.2) is 56.3 Å². The number of aromatic nitrogens is 2. The number of ether oxygens (including phenoxy) is 2. The molecule has 3 N–H and O–H groups in total. The molecule has 0 saturated carbocycles. The van der Waals surface area contributed by atoms with Gasteiger partial charge in [0.15, 0.2) is 5.69 Å². The van der Waals surface area contributed by atoms with Crippen LogP contribution in [0.3, 0.4) is 0 Å². The largest absolute Gasteiger partial charge is 0.385 e. The van der Waals surface area contributed by atoms with Gasteiger partial charge >= 0.3 is 0 Å². The van der Waals surface area contributed by atoms with Crippen molar-refractivity contribution in [1.82, 2.24) is 9.97 Å². The zero-order valence-corrected chi connectivity index (χ0v) is 12.5. The number of rotatable bonds is 5. The zero-order valence-electron chi connectivity index (χ0n) is 12.5. The number of methoxy groups -OCH3 is 1. The van der Waals surface area contributed by atoms with Crippen LogP contribution in [0.5, 0.6) is 0 Å². The first kappa shape index (κ1) is 15.5. The van der Waals surface area contributed by atoms with E-state index in [4.69, 9.17) is 15.2 Å². The summed E-state index contributed by atoms with van der Waals surface area (Å²) in [7, 11) is 3.29. The van der Waals surface area contributed by atoms with Crippen LogP contribution >= 0.6 is 0 Å². The second kappa shape index (κ2) is 6.68. The van der Waals surface area contributed by atoms with Crippen LogP contribution in [0, 0.1) is 0 Å². The molecular formula is C13H21N5O3. The van der Waals surface area contributed by atoms with Crippen molar-refractivity contribution in [2.75, 3.05) is 50.7 Å². The maximum absolute atomic E-state index is 11.7. The van der Waals surface area contributed by atoms with Gasteiger partial charge in [0.05, 0.1) is 30.7 Å². The van der Waals surface area contributed by atoms with E-state index < -0.39 is 5.91 Å². The molecule has 2 heterocycles. The Hall–Kier alpha value is -1.93. The van der Waals surface area contributed by atoms with E-state index >= 15 is 0 Å². The van der Waals surface area contributed by atoms with Crippen LogP contribution in [0.15, 0.2) is 0 Å². The summed E-state index contributed by atoms with van der Waals surface area (Å²) in [5, 5.41) is 2.94. The molecule has 2 rings (SSSR count). The van der Waals surface area contributed by atoms with Crippen LogP contribution in [0.2, 0.25) is 0 Å². The minimum absolute atomic E-state index is 0.174. The fourth-order valence-electron chi connectivity index (χ4n) is 2.20. The quantitative estimate of drug-likeness (QED) is 0.797. The average molecular weight is 295 g/mol. The van der Waals surface area contributed by atoms with Gasteiger partial charge in [-0.2, -0.15) is 0 Å². The van der Waals surface area contributed by atoms with Crippen molar-refractivity contribution in [2.24, 2.45) is 5.73 Å². The molecule has 1 atom stereocenters. The molecule has 1 amide bonds. The topological polar surface area (TPSA) is 103 Å². The van der Waals surface area contributed by atoms with E-state index in [2.05, 4.69) is 15.3 Å². The highest BCUT2D eigenvalue weighted by atomic mass is 16.5. The molecule has 8 heteroatoms. The molecule has 0 aliphatic carbocycles. The van der Waals surface area contributed by atoms with Crippen LogP contribution in [0.1, 0.15) is 29.2 Å². The highest BCUT2D eigenvalue weighted by Gasteiger charge is 2.24. The number of hydrogen-bond donors (Lipinski definition) is 2. The molecule has 0 spiro atoms.